The monoisotopic (exact) mass is 288 g/mol. The Bertz CT molecular complexity index is 497. The summed E-state index contributed by atoms with van der Waals surface area (Å²) in [5.41, 5.74) is 0.698. The number of carbonyl (C=O) groups is 1. The fraction of sp³-hybridized carbons (Fsp3) is 0.588. The van der Waals surface area contributed by atoms with Gasteiger partial charge in [-0.15, -0.1) is 0 Å². The minimum Gasteiger partial charge on any atom is -0.493 e. The van der Waals surface area contributed by atoms with Gasteiger partial charge >= 0.3 is 0 Å². The zero-order chi connectivity index (χ0) is 14.7. The summed E-state index contributed by atoms with van der Waals surface area (Å²) in [5, 5.41) is 3.55. The third-order valence-corrected chi connectivity index (χ3v) is 4.54. The minimum atomic E-state index is 0.121. The maximum atomic E-state index is 12.9. The molecule has 2 atom stereocenters. The van der Waals surface area contributed by atoms with Gasteiger partial charge in [-0.25, -0.2) is 0 Å². The SMILES string of the molecule is CCOc1ccccc1C(=O)N1CCCC1C1CCCN1. The molecule has 1 N–H and O–H groups in total. The quantitative estimate of drug-likeness (QED) is 0.925. The number of nitrogens with zero attached hydrogens (tertiary/aromatic N) is 1. The first-order chi connectivity index (χ1) is 10.3. The van der Waals surface area contributed by atoms with E-state index in [1.165, 1.54) is 12.8 Å². The van der Waals surface area contributed by atoms with Gasteiger partial charge in [0.25, 0.3) is 5.91 Å². The molecular weight excluding hydrogens is 264 g/mol. The van der Waals surface area contributed by atoms with Crippen molar-refractivity contribution >= 4 is 5.91 Å². The number of hydrogen-bond donors (Lipinski definition) is 1. The number of benzene rings is 1. The predicted molar refractivity (Wildman–Crippen MR) is 82.7 cm³/mol. The van der Waals surface area contributed by atoms with E-state index in [-0.39, 0.29) is 5.91 Å². The molecule has 0 spiro atoms. The molecule has 1 aromatic carbocycles. The van der Waals surface area contributed by atoms with E-state index in [9.17, 15) is 4.79 Å². The van der Waals surface area contributed by atoms with E-state index in [4.69, 9.17) is 4.74 Å². The normalized spacial score (nSPS) is 25.3. The van der Waals surface area contributed by atoms with Crippen molar-refractivity contribution in [2.45, 2.75) is 44.7 Å². The van der Waals surface area contributed by atoms with Crippen molar-refractivity contribution in [3.8, 4) is 5.75 Å². The van der Waals surface area contributed by atoms with Crippen molar-refractivity contribution in [3.05, 3.63) is 29.8 Å². The van der Waals surface area contributed by atoms with Crippen LogP contribution in [0.1, 0.15) is 43.0 Å². The fourth-order valence-corrected chi connectivity index (χ4v) is 3.58. The highest BCUT2D eigenvalue weighted by atomic mass is 16.5. The van der Waals surface area contributed by atoms with Crippen LogP contribution in [0.2, 0.25) is 0 Å². The zero-order valence-corrected chi connectivity index (χ0v) is 12.7. The summed E-state index contributed by atoms with van der Waals surface area (Å²) in [4.78, 5) is 15.0. The van der Waals surface area contributed by atoms with E-state index in [0.717, 1.165) is 25.9 Å². The van der Waals surface area contributed by atoms with Gasteiger partial charge in [0, 0.05) is 18.6 Å². The molecule has 2 aliphatic heterocycles. The molecule has 2 fully saturated rings. The lowest BCUT2D eigenvalue weighted by Gasteiger charge is -2.30. The molecule has 2 aliphatic rings. The molecule has 114 valence electrons. The third-order valence-electron chi connectivity index (χ3n) is 4.54. The first-order valence-electron chi connectivity index (χ1n) is 8.07. The Labute approximate surface area is 126 Å². The van der Waals surface area contributed by atoms with Crippen molar-refractivity contribution in [2.75, 3.05) is 19.7 Å². The lowest BCUT2D eigenvalue weighted by molar-refractivity contribution is 0.0707. The van der Waals surface area contributed by atoms with E-state index in [1.807, 2.05) is 31.2 Å². The average molecular weight is 288 g/mol. The maximum absolute atomic E-state index is 12.9. The van der Waals surface area contributed by atoms with Crippen LogP contribution in [-0.4, -0.2) is 42.6 Å². The smallest absolute Gasteiger partial charge is 0.257 e. The Morgan fingerprint density at radius 1 is 1.33 bits per heavy atom. The Kier molecular flexibility index (Phi) is 4.44. The van der Waals surface area contributed by atoms with Gasteiger partial charge in [-0.3, -0.25) is 4.79 Å². The summed E-state index contributed by atoms with van der Waals surface area (Å²) >= 11 is 0. The lowest BCUT2D eigenvalue weighted by Crippen LogP contribution is -2.46. The molecule has 2 heterocycles. The fourth-order valence-electron chi connectivity index (χ4n) is 3.58. The molecule has 2 unspecified atom stereocenters. The number of hydrogen-bond acceptors (Lipinski definition) is 3. The molecular formula is C17H24N2O2. The van der Waals surface area contributed by atoms with Gasteiger partial charge in [-0.05, 0) is 51.3 Å². The molecule has 4 heteroatoms. The molecule has 0 aromatic heterocycles. The second kappa shape index (κ2) is 6.48. The van der Waals surface area contributed by atoms with Gasteiger partial charge in [0.05, 0.1) is 12.2 Å². The Morgan fingerprint density at radius 3 is 2.95 bits per heavy atom. The van der Waals surface area contributed by atoms with Crippen molar-refractivity contribution in [1.82, 2.24) is 10.2 Å². The highest BCUT2D eigenvalue weighted by Crippen LogP contribution is 2.28. The van der Waals surface area contributed by atoms with E-state index in [2.05, 4.69) is 10.2 Å². The number of likely N-dealkylation sites (tertiary alicyclic amines) is 1. The van der Waals surface area contributed by atoms with Crippen LogP contribution < -0.4 is 10.1 Å². The van der Waals surface area contributed by atoms with Gasteiger partial charge in [0.15, 0.2) is 0 Å². The van der Waals surface area contributed by atoms with Crippen molar-refractivity contribution in [2.24, 2.45) is 0 Å². The largest absolute Gasteiger partial charge is 0.493 e. The molecule has 4 nitrogen and oxygen atoms in total. The van der Waals surface area contributed by atoms with Gasteiger partial charge in [-0.1, -0.05) is 12.1 Å². The van der Waals surface area contributed by atoms with Crippen LogP contribution in [0.4, 0.5) is 0 Å². The number of nitrogens with one attached hydrogen (secondary N) is 1. The highest BCUT2D eigenvalue weighted by Gasteiger charge is 2.36. The van der Waals surface area contributed by atoms with Crippen LogP contribution in [-0.2, 0) is 0 Å². The zero-order valence-electron chi connectivity index (χ0n) is 12.7. The van der Waals surface area contributed by atoms with Gasteiger partial charge < -0.3 is 15.0 Å². The summed E-state index contributed by atoms with van der Waals surface area (Å²) < 4.78 is 5.62. The van der Waals surface area contributed by atoms with Crippen LogP contribution in [0.5, 0.6) is 5.75 Å². The van der Waals surface area contributed by atoms with Crippen molar-refractivity contribution in [1.29, 1.82) is 0 Å². The lowest BCUT2D eigenvalue weighted by atomic mass is 10.0. The standard InChI is InChI=1S/C17H24N2O2/c1-2-21-16-10-4-3-7-13(16)17(20)19-12-6-9-15(19)14-8-5-11-18-14/h3-4,7,10,14-15,18H,2,5-6,8-9,11-12H2,1H3. The first-order valence-corrected chi connectivity index (χ1v) is 8.07. The second-order valence-electron chi connectivity index (χ2n) is 5.84. The number of rotatable bonds is 4. The molecule has 0 radical (unpaired) electrons. The number of amides is 1. The maximum Gasteiger partial charge on any atom is 0.257 e. The summed E-state index contributed by atoms with van der Waals surface area (Å²) in [6, 6.07) is 8.40. The molecule has 0 aliphatic carbocycles. The van der Waals surface area contributed by atoms with Crippen LogP contribution in [0.15, 0.2) is 24.3 Å². The highest BCUT2D eigenvalue weighted by molar-refractivity contribution is 5.97. The van der Waals surface area contributed by atoms with Crippen LogP contribution in [0.25, 0.3) is 0 Å². The van der Waals surface area contributed by atoms with Crippen LogP contribution >= 0.6 is 0 Å². The minimum absolute atomic E-state index is 0.121. The van der Waals surface area contributed by atoms with Gasteiger partial charge in [0.1, 0.15) is 5.75 Å². The summed E-state index contributed by atoms with van der Waals surface area (Å²) in [7, 11) is 0. The third kappa shape index (κ3) is 2.91. The summed E-state index contributed by atoms with van der Waals surface area (Å²) in [5.74, 6) is 0.824. The summed E-state index contributed by atoms with van der Waals surface area (Å²) in [6.45, 7) is 4.47. The molecule has 3 rings (SSSR count). The van der Waals surface area contributed by atoms with E-state index < -0.39 is 0 Å². The molecule has 0 saturated carbocycles. The summed E-state index contributed by atoms with van der Waals surface area (Å²) in [6.07, 6.45) is 4.62. The van der Waals surface area contributed by atoms with Crippen molar-refractivity contribution < 1.29 is 9.53 Å². The first kappa shape index (κ1) is 14.4. The topological polar surface area (TPSA) is 41.6 Å². The second-order valence-corrected chi connectivity index (χ2v) is 5.84. The molecule has 1 aromatic rings. The number of ether oxygens (including phenoxy) is 1. The Morgan fingerprint density at radius 2 is 2.19 bits per heavy atom. The number of para-hydroxylation sites is 1. The van der Waals surface area contributed by atoms with Crippen molar-refractivity contribution in [3.63, 3.8) is 0 Å². The molecule has 0 bridgehead atoms. The molecule has 2 saturated heterocycles. The van der Waals surface area contributed by atoms with Gasteiger partial charge in [0.2, 0.25) is 0 Å². The molecule has 21 heavy (non-hydrogen) atoms. The number of carbonyl (C=O) groups excluding carboxylic acids is 1. The predicted octanol–water partition coefficient (Wildman–Crippen LogP) is 2.44. The van der Waals surface area contributed by atoms with Gasteiger partial charge in [-0.2, -0.15) is 0 Å². The van der Waals surface area contributed by atoms with E-state index in [1.54, 1.807) is 0 Å². The molecule has 1 amide bonds. The van der Waals surface area contributed by atoms with Crippen LogP contribution in [0.3, 0.4) is 0 Å². The van der Waals surface area contributed by atoms with Crippen LogP contribution in [0, 0.1) is 0 Å². The van der Waals surface area contributed by atoms with E-state index >= 15 is 0 Å². The Hall–Kier alpha value is -1.55. The average Bonchev–Trinajstić information content (AvgIpc) is 3.18. The Balaban J connectivity index is 1.80. The van der Waals surface area contributed by atoms with E-state index in [0.29, 0.717) is 30.0 Å².